The maximum Gasteiger partial charge on any atom is 0.257 e. The van der Waals surface area contributed by atoms with Crippen LogP contribution in [0, 0.1) is 13.8 Å². The molecule has 0 bridgehead atoms. The van der Waals surface area contributed by atoms with E-state index in [1.54, 1.807) is 0 Å². The Labute approximate surface area is 119 Å². The third-order valence-electron chi connectivity index (χ3n) is 2.66. The number of nitrogens with zero attached hydrogens (tertiary/aromatic N) is 1. The van der Waals surface area contributed by atoms with E-state index in [-0.39, 0.29) is 11.7 Å². The van der Waals surface area contributed by atoms with Gasteiger partial charge in [0.15, 0.2) is 0 Å². The van der Waals surface area contributed by atoms with E-state index in [1.165, 1.54) is 18.5 Å². The van der Waals surface area contributed by atoms with Gasteiger partial charge < -0.3 is 10.4 Å². The van der Waals surface area contributed by atoms with E-state index >= 15 is 0 Å². The molecule has 0 radical (unpaired) electrons. The zero-order valence-corrected chi connectivity index (χ0v) is 12.2. The summed E-state index contributed by atoms with van der Waals surface area (Å²) in [6, 6.07) is 5.30. The van der Waals surface area contributed by atoms with Crippen LogP contribution in [0.4, 0.5) is 5.69 Å². The van der Waals surface area contributed by atoms with Crippen LogP contribution in [0.3, 0.4) is 0 Å². The number of hydrogen-bond donors (Lipinski definition) is 2. The molecular formula is C14H13BrN2O2. The van der Waals surface area contributed by atoms with Gasteiger partial charge >= 0.3 is 0 Å². The third-order valence-corrected chi connectivity index (χ3v) is 3.28. The molecule has 1 aromatic carbocycles. The number of carbonyl (C=O) groups excluding carboxylic acids is 1. The summed E-state index contributed by atoms with van der Waals surface area (Å²) in [5, 5.41) is 12.1. The van der Waals surface area contributed by atoms with Gasteiger partial charge in [0.05, 0.1) is 17.4 Å². The van der Waals surface area contributed by atoms with Crippen molar-refractivity contribution in [2.24, 2.45) is 0 Å². The van der Waals surface area contributed by atoms with Crippen molar-refractivity contribution in [3.05, 3.63) is 51.8 Å². The molecule has 1 aromatic heterocycles. The average molecular weight is 321 g/mol. The monoisotopic (exact) mass is 320 g/mol. The molecule has 0 atom stereocenters. The minimum absolute atomic E-state index is 0.0349. The molecule has 0 spiro atoms. The number of pyridine rings is 1. The molecular weight excluding hydrogens is 308 g/mol. The molecule has 0 unspecified atom stereocenters. The van der Waals surface area contributed by atoms with Gasteiger partial charge in [-0.3, -0.25) is 9.78 Å². The SMILES string of the molecule is Cc1cc(C)c(NC(=O)c2cncc(O)c2)c(Br)c1. The standard InChI is InChI=1S/C14H13BrN2O2/c1-8-3-9(2)13(12(15)4-8)17-14(19)10-5-11(18)7-16-6-10/h3-7,18H,1-2H3,(H,17,19). The van der Waals surface area contributed by atoms with E-state index in [9.17, 15) is 9.90 Å². The molecule has 5 heteroatoms. The van der Waals surface area contributed by atoms with Crippen LogP contribution in [-0.2, 0) is 0 Å². The Morgan fingerprint density at radius 3 is 2.63 bits per heavy atom. The Morgan fingerprint density at radius 2 is 2.00 bits per heavy atom. The van der Waals surface area contributed by atoms with Crippen LogP contribution in [0.25, 0.3) is 0 Å². The second-order valence-corrected chi connectivity index (χ2v) is 5.18. The molecule has 2 aromatic rings. The van der Waals surface area contributed by atoms with Crippen LogP contribution in [0.2, 0.25) is 0 Å². The summed E-state index contributed by atoms with van der Waals surface area (Å²) in [4.78, 5) is 15.9. The number of aromatic nitrogens is 1. The largest absolute Gasteiger partial charge is 0.506 e. The molecule has 2 N–H and O–H groups in total. The van der Waals surface area contributed by atoms with Crippen LogP contribution in [0.15, 0.2) is 35.1 Å². The zero-order chi connectivity index (χ0) is 14.0. The second kappa shape index (κ2) is 5.40. The molecule has 0 saturated carbocycles. The Hall–Kier alpha value is -1.88. The van der Waals surface area contributed by atoms with Crippen LogP contribution >= 0.6 is 15.9 Å². The highest BCUT2D eigenvalue weighted by molar-refractivity contribution is 9.10. The van der Waals surface area contributed by atoms with Crippen molar-refractivity contribution in [3.63, 3.8) is 0 Å². The van der Waals surface area contributed by atoms with Crippen LogP contribution in [0.5, 0.6) is 5.75 Å². The molecule has 19 heavy (non-hydrogen) atoms. The first-order valence-corrected chi connectivity index (χ1v) is 6.49. The fourth-order valence-electron chi connectivity index (χ4n) is 1.81. The lowest BCUT2D eigenvalue weighted by Gasteiger charge is -2.11. The number of anilines is 1. The fourth-order valence-corrected chi connectivity index (χ4v) is 2.58. The summed E-state index contributed by atoms with van der Waals surface area (Å²) in [6.07, 6.45) is 2.69. The van der Waals surface area contributed by atoms with Gasteiger partial charge in [0, 0.05) is 10.7 Å². The van der Waals surface area contributed by atoms with Crippen LogP contribution in [-0.4, -0.2) is 16.0 Å². The predicted molar refractivity (Wildman–Crippen MR) is 77.5 cm³/mol. The van der Waals surface area contributed by atoms with Crippen molar-refractivity contribution in [1.82, 2.24) is 4.98 Å². The zero-order valence-electron chi connectivity index (χ0n) is 10.6. The van der Waals surface area contributed by atoms with Gasteiger partial charge in [0.1, 0.15) is 5.75 Å². The highest BCUT2D eigenvalue weighted by atomic mass is 79.9. The number of carbonyl (C=O) groups is 1. The van der Waals surface area contributed by atoms with E-state index in [4.69, 9.17) is 0 Å². The number of aryl methyl sites for hydroxylation is 2. The van der Waals surface area contributed by atoms with Gasteiger partial charge in [-0.2, -0.15) is 0 Å². The van der Waals surface area contributed by atoms with Gasteiger partial charge in [0.25, 0.3) is 5.91 Å². The summed E-state index contributed by atoms with van der Waals surface area (Å²) in [5.74, 6) is -0.344. The van der Waals surface area contributed by atoms with E-state index in [0.717, 1.165) is 21.3 Å². The first kappa shape index (κ1) is 13.5. The first-order chi connectivity index (χ1) is 8.97. The molecule has 2 rings (SSSR count). The van der Waals surface area contributed by atoms with Gasteiger partial charge in [-0.05, 0) is 53.0 Å². The molecule has 0 aliphatic heterocycles. The van der Waals surface area contributed by atoms with Crippen molar-refractivity contribution < 1.29 is 9.90 Å². The number of aromatic hydroxyl groups is 1. The molecule has 0 aliphatic carbocycles. The molecule has 4 nitrogen and oxygen atoms in total. The van der Waals surface area contributed by atoms with Crippen molar-refractivity contribution >= 4 is 27.5 Å². The lowest BCUT2D eigenvalue weighted by molar-refractivity contribution is 0.102. The van der Waals surface area contributed by atoms with Crippen molar-refractivity contribution in [2.75, 3.05) is 5.32 Å². The molecule has 0 aliphatic rings. The van der Waals surface area contributed by atoms with Crippen molar-refractivity contribution in [1.29, 1.82) is 0 Å². The summed E-state index contributed by atoms with van der Waals surface area (Å²) in [6.45, 7) is 3.91. The second-order valence-electron chi connectivity index (χ2n) is 4.32. The molecule has 0 fully saturated rings. The quantitative estimate of drug-likeness (QED) is 0.891. The van der Waals surface area contributed by atoms with Gasteiger partial charge in [-0.15, -0.1) is 0 Å². The number of halogens is 1. The van der Waals surface area contributed by atoms with E-state index in [2.05, 4.69) is 26.2 Å². The van der Waals surface area contributed by atoms with Crippen molar-refractivity contribution in [2.45, 2.75) is 13.8 Å². The smallest absolute Gasteiger partial charge is 0.257 e. The minimum Gasteiger partial charge on any atom is -0.506 e. The summed E-state index contributed by atoms with van der Waals surface area (Å²) >= 11 is 3.43. The Bertz CT molecular complexity index is 618. The topological polar surface area (TPSA) is 62.2 Å². The third kappa shape index (κ3) is 3.12. The van der Waals surface area contributed by atoms with Gasteiger partial charge in [-0.1, -0.05) is 6.07 Å². The number of rotatable bonds is 2. The van der Waals surface area contributed by atoms with Gasteiger partial charge in [0.2, 0.25) is 0 Å². The molecule has 0 saturated heterocycles. The Morgan fingerprint density at radius 1 is 1.26 bits per heavy atom. The van der Waals surface area contributed by atoms with Crippen molar-refractivity contribution in [3.8, 4) is 5.75 Å². The number of amides is 1. The van der Waals surface area contributed by atoms with Crippen LogP contribution in [0.1, 0.15) is 21.5 Å². The molecule has 1 amide bonds. The Balaban J connectivity index is 2.29. The maximum absolute atomic E-state index is 12.1. The molecule has 98 valence electrons. The predicted octanol–water partition coefficient (Wildman–Crippen LogP) is 3.42. The maximum atomic E-state index is 12.1. The highest BCUT2D eigenvalue weighted by Gasteiger charge is 2.11. The van der Waals surface area contributed by atoms with Gasteiger partial charge in [-0.25, -0.2) is 0 Å². The molecule has 1 heterocycles. The summed E-state index contributed by atoms with van der Waals surface area (Å²) < 4.78 is 0.825. The average Bonchev–Trinajstić information content (AvgIpc) is 2.33. The van der Waals surface area contributed by atoms with E-state index < -0.39 is 0 Å². The highest BCUT2D eigenvalue weighted by Crippen LogP contribution is 2.28. The Kier molecular flexibility index (Phi) is 3.85. The number of nitrogens with one attached hydrogen (secondary N) is 1. The lowest BCUT2D eigenvalue weighted by atomic mass is 10.1. The number of benzene rings is 1. The van der Waals surface area contributed by atoms with E-state index in [0.29, 0.717) is 5.56 Å². The lowest BCUT2D eigenvalue weighted by Crippen LogP contribution is -2.13. The summed E-state index contributed by atoms with van der Waals surface area (Å²) in [5.41, 5.74) is 3.11. The fraction of sp³-hybridized carbons (Fsp3) is 0.143. The minimum atomic E-state index is -0.309. The van der Waals surface area contributed by atoms with Crippen LogP contribution < -0.4 is 5.32 Å². The number of hydrogen-bond acceptors (Lipinski definition) is 3. The first-order valence-electron chi connectivity index (χ1n) is 5.69. The normalized spacial score (nSPS) is 10.3. The van der Waals surface area contributed by atoms with E-state index in [1.807, 2.05) is 26.0 Å². The summed E-state index contributed by atoms with van der Waals surface area (Å²) in [7, 11) is 0.